The number of aromatic nitrogens is 2. The highest BCUT2D eigenvalue weighted by molar-refractivity contribution is 5.97. The highest BCUT2D eigenvalue weighted by Gasteiger charge is 2.35. The molecule has 0 saturated heterocycles. The third-order valence-electron chi connectivity index (χ3n) is 6.24. The van der Waals surface area contributed by atoms with Crippen LogP contribution in [0.2, 0.25) is 0 Å². The molecule has 2 fully saturated rings. The fourth-order valence-electron chi connectivity index (χ4n) is 4.35. The van der Waals surface area contributed by atoms with Crippen molar-refractivity contribution in [2.24, 2.45) is 11.7 Å². The SMILES string of the molecule is NC(=O)OCc1ccc(C2CC2)c(C(=O)C2CCC(c3ccc(C(F)(F)F)nc3)CC2)n1. The normalized spacial score (nSPS) is 21.2. The zero-order valence-electron chi connectivity index (χ0n) is 17.4. The third kappa shape index (κ3) is 5.08. The van der Waals surface area contributed by atoms with Crippen molar-refractivity contribution in [3.05, 3.63) is 58.7 Å². The standard InChI is InChI=1S/C23H24F3N3O3/c24-23(25,26)19-10-7-16(11-28-19)13-1-5-15(6-2-13)21(30)20-18(14-3-4-14)9-8-17(29-20)12-32-22(27)31/h7-11,13-15H,1-6,12H2,(H2,27,31). The Hall–Kier alpha value is -2.97. The van der Waals surface area contributed by atoms with Crippen molar-refractivity contribution >= 4 is 11.9 Å². The van der Waals surface area contributed by atoms with Crippen molar-refractivity contribution in [1.82, 2.24) is 9.97 Å². The molecule has 2 aromatic heterocycles. The van der Waals surface area contributed by atoms with E-state index in [9.17, 15) is 22.8 Å². The smallest absolute Gasteiger partial charge is 0.433 e. The van der Waals surface area contributed by atoms with Crippen molar-refractivity contribution in [2.75, 3.05) is 0 Å². The van der Waals surface area contributed by atoms with Crippen molar-refractivity contribution in [2.45, 2.75) is 63.1 Å². The van der Waals surface area contributed by atoms with Crippen LogP contribution in [0.5, 0.6) is 0 Å². The number of hydrogen-bond donors (Lipinski definition) is 1. The minimum Gasteiger partial charge on any atom is -0.443 e. The van der Waals surface area contributed by atoms with Crippen LogP contribution in [0.3, 0.4) is 0 Å². The largest absolute Gasteiger partial charge is 0.443 e. The first kappa shape index (κ1) is 22.2. The lowest BCUT2D eigenvalue weighted by atomic mass is 9.76. The van der Waals surface area contributed by atoms with Gasteiger partial charge in [0.15, 0.2) is 5.78 Å². The number of carbonyl (C=O) groups is 2. The molecule has 0 spiro atoms. The van der Waals surface area contributed by atoms with Crippen LogP contribution in [0, 0.1) is 5.92 Å². The Morgan fingerprint density at radius 3 is 2.25 bits per heavy atom. The first-order chi connectivity index (χ1) is 15.2. The number of rotatable bonds is 6. The number of ketones is 1. The maximum atomic E-state index is 13.3. The van der Waals surface area contributed by atoms with Crippen LogP contribution in [-0.2, 0) is 17.5 Å². The van der Waals surface area contributed by atoms with E-state index < -0.39 is 18.0 Å². The molecular formula is C23H24F3N3O3. The molecule has 0 unspecified atom stereocenters. The number of nitrogens with zero attached hydrogens (tertiary/aromatic N) is 2. The molecule has 2 aliphatic rings. The highest BCUT2D eigenvalue weighted by atomic mass is 19.4. The molecule has 0 bridgehead atoms. The molecule has 0 aromatic carbocycles. The first-order valence-electron chi connectivity index (χ1n) is 10.7. The van der Waals surface area contributed by atoms with Gasteiger partial charge in [-0.15, -0.1) is 0 Å². The van der Waals surface area contributed by atoms with E-state index in [2.05, 4.69) is 9.97 Å². The van der Waals surface area contributed by atoms with Gasteiger partial charge in [-0.25, -0.2) is 9.78 Å². The second-order valence-electron chi connectivity index (χ2n) is 8.51. The van der Waals surface area contributed by atoms with Gasteiger partial charge in [-0.2, -0.15) is 13.2 Å². The van der Waals surface area contributed by atoms with E-state index in [4.69, 9.17) is 10.5 Å². The lowest BCUT2D eigenvalue weighted by Gasteiger charge is -2.28. The molecule has 0 radical (unpaired) electrons. The number of Topliss-reactive ketones (excluding diaryl/α,β-unsaturated/α-hetero) is 1. The summed E-state index contributed by atoms with van der Waals surface area (Å²) < 4.78 is 43.0. The summed E-state index contributed by atoms with van der Waals surface area (Å²) in [6, 6.07) is 6.13. The quantitative estimate of drug-likeness (QED) is 0.620. The van der Waals surface area contributed by atoms with E-state index >= 15 is 0 Å². The van der Waals surface area contributed by atoms with Gasteiger partial charge in [-0.1, -0.05) is 12.1 Å². The summed E-state index contributed by atoms with van der Waals surface area (Å²) in [5, 5.41) is 0. The highest BCUT2D eigenvalue weighted by Crippen LogP contribution is 2.43. The molecule has 2 aromatic rings. The summed E-state index contributed by atoms with van der Waals surface area (Å²) in [5.74, 6) is 0.213. The number of amides is 1. The van der Waals surface area contributed by atoms with Crippen LogP contribution in [-0.4, -0.2) is 21.8 Å². The van der Waals surface area contributed by atoms with Gasteiger partial charge in [-0.3, -0.25) is 9.78 Å². The number of ether oxygens (including phenoxy) is 1. The van der Waals surface area contributed by atoms with Crippen LogP contribution >= 0.6 is 0 Å². The lowest BCUT2D eigenvalue weighted by Crippen LogP contribution is -2.24. The summed E-state index contributed by atoms with van der Waals surface area (Å²) in [6.45, 7) is -0.0891. The predicted octanol–water partition coefficient (Wildman–Crippen LogP) is 5.12. The van der Waals surface area contributed by atoms with Crippen LogP contribution in [0.4, 0.5) is 18.0 Å². The molecule has 9 heteroatoms. The summed E-state index contributed by atoms with van der Waals surface area (Å²) in [7, 11) is 0. The molecule has 0 atom stereocenters. The van der Waals surface area contributed by atoms with Crippen LogP contribution in [0.15, 0.2) is 30.5 Å². The van der Waals surface area contributed by atoms with Gasteiger partial charge in [0.05, 0.1) is 5.69 Å². The summed E-state index contributed by atoms with van der Waals surface area (Å²) in [4.78, 5) is 32.2. The van der Waals surface area contributed by atoms with Crippen molar-refractivity contribution < 1.29 is 27.5 Å². The van der Waals surface area contributed by atoms with Crippen LogP contribution in [0.25, 0.3) is 0 Å². The Bertz CT molecular complexity index is 996. The van der Waals surface area contributed by atoms with Crippen molar-refractivity contribution in [1.29, 1.82) is 0 Å². The summed E-state index contributed by atoms with van der Waals surface area (Å²) in [6.07, 6.45) is 0.661. The van der Waals surface area contributed by atoms with E-state index in [0.717, 1.165) is 30.0 Å². The maximum Gasteiger partial charge on any atom is 0.433 e. The molecular weight excluding hydrogens is 423 g/mol. The van der Waals surface area contributed by atoms with Gasteiger partial charge in [0, 0.05) is 12.1 Å². The maximum absolute atomic E-state index is 13.3. The van der Waals surface area contributed by atoms with Crippen LogP contribution in [0.1, 0.15) is 83.4 Å². The molecule has 6 nitrogen and oxygen atoms in total. The van der Waals surface area contributed by atoms with E-state index in [0.29, 0.717) is 43.0 Å². The van der Waals surface area contributed by atoms with E-state index in [1.807, 2.05) is 6.07 Å². The van der Waals surface area contributed by atoms with Gasteiger partial charge < -0.3 is 10.5 Å². The molecule has 1 amide bonds. The predicted molar refractivity (Wildman–Crippen MR) is 109 cm³/mol. The number of alkyl halides is 3. The Morgan fingerprint density at radius 2 is 1.69 bits per heavy atom. The molecule has 0 aliphatic heterocycles. The Morgan fingerprint density at radius 1 is 1.00 bits per heavy atom. The third-order valence-corrected chi connectivity index (χ3v) is 6.24. The minimum atomic E-state index is -4.45. The number of nitrogens with two attached hydrogens (primary N) is 1. The topological polar surface area (TPSA) is 95.2 Å². The molecule has 2 N–H and O–H groups in total. The number of halogens is 3. The number of primary amides is 1. The lowest BCUT2D eigenvalue weighted by molar-refractivity contribution is -0.141. The first-order valence-corrected chi connectivity index (χ1v) is 10.7. The van der Waals surface area contributed by atoms with Gasteiger partial charge >= 0.3 is 12.3 Å². The van der Waals surface area contributed by atoms with Crippen LogP contribution < -0.4 is 5.73 Å². The monoisotopic (exact) mass is 447 g/mol. The number of carbonyl (C=O) groups excluding carboxylic acids is 2. The van der Waals surface area contributed by atoms with E-state index in [1.54, 1.807) is 6.07 Å². The molecule has 2 aliphatic carbocycles. The van der Waals surface area contributed by atoms with E-state index in [1.165, 1.54) is 12.3 Å². The Balaban J connectivity index is 1.44. The molecule has 2 saturated carbocycles. The Kier molecular flexibility index (Phi) is 6.17. The molecule has 4 rings (SSSR count). The van der Waals surface area contributed by atoms with Gasteiger partial charge in [0.25, 0.3) is 0 Å². The zero-order chi connectivity index (χ0) is 22.9. The second-order valence-corrected chi connectivity index (χ2v) is 8.51. The zero-order valence-corrected chi connectivity index (χ0v) is 17.4. The fraction of sp³-hybridized carbons (Fsp3) is 0.478. The van der Waals surface area contributed by atoms with Crippen molar-refractivity contribution in [3.8, 4) is 0 Å². The summed E-state index contributed by atoms with van der Waals surface area (Å²) in [5.41, 5.74) is 6.74. The fourth-order valence-corrected chi connectivity index (χ4v) is 4.35. The van der Waals surface area contributed by atoms with Crippen molar-refractivity contribution in [3.63, 3.8) is 0 Å². The number of hydrogen-bond acceptors (Lipinski definition) is 5. The Labute approximate surface area is 183 Å². The summed E-state index contributed by atoms with van der Waals surface area (Å²) >= 11 is 0. The van der Waals surface area contributed by atoms with Gasteiger partial charge in [0.1, 0.15) is 18.0 Å². The minimum absolute atomic E-state index is 0.0168. The van der Waals surface area contributed by atoms with Gasteiger partial charge in [0.2, 0.25) is 0 Å². The average molecular weight is 447 g/mol. The molecule has 170 valence electrons. The molecule has 32 heavy (non-hydrogen) atoms. The van der Waals surface area contributed by atoms with E-state index in [-0.39, 0.29) is 24.2 Å². The average Bonchev–Trinajstić information content (AvgIpc) is 3.62. The molecule has 2 heterocycles. The number of pyridine rings is 2. The second kappa shape index (κ2) is 8.88. The van der Waals surface area contributed by atoms with Gasteiger partial charge in [-0.05, 0) is 73.6 Å².